The van der Waals surface area contributed by atoms with E-state index in [0.717, 1.165) is 38.6 Å². The molecule has 1 N–H and O–H groups in total. The van der Waals surface area contributed by atoms with Crippen LogP contribution in [0.3, 0.4) is 0 Å². The van der Waals surface area contributed by atoms with Crippen molar-refractivity contribution in [1.82, 2.24) is 10.2 Å². The molecule has 0 radical (unpaired) electrons. The molecule has 0 aliphatic carbocycles. The molecule has 4 heteroatoms. The Morgan fingerprint density at radius 3 is 2.72 bits per heavy atom. The van der Waals surface area contributed by atoms with Crippen molar-refractivity contribution in [2.24, 2.45) is 16.3 Å². The van der Waals surface area contributed by atoms with Crippen LogP contribution in [0.15, 0.2) is 29.3 Å². The van der Waals surface area contributed by atoms with Gasteiger partial charge in [0.25, 0.3) is 0 Å². The SMILES string of the molecule is CN=C(NCC1CCCOC1c1ccc(C)cc1)N1CCC(C)(C)C1. The first-order valence-corrected chi connectivity index (χ1v) is 9.62. The fourth-order valence-electron chi connectivity index (χ4n) is 4.02. The second-order valence-electron chi connectivity index (χ2n) is 8.37. The van der Waals surface area contributed by atoms with E-state index in [1.807, 2.05) is 7.05 Å². The molecule has 25 heavy (non-hydrogen) atoms. The van der Waals surface area contributed by atoms with Gasteiger partial charge in [-0.15, -0.1) is 0 Å². The highest BCUT2D eigenvalue weighted by Gasteiger charge is 2.32. The van der Waals surface area contributed by atoms with E-state index < -0.39 is 0 Å². The summed E-state index contributed by atoms with van der Waals surface area (Å²) >= 11 is 0. The number of hydrogen-bond donors (Lipinski definition) is 1. The van der Waals surface area contributed by atoms with Crippen LogP contribution in [0.5, 0.6) is 0 Å². The molecule has 138 valence electrons. The van der Waals surface area contributed by atoms with Gasteiger partial charge in [-0.05, 0) is 37.2 Å². The van der Waals surface area contributed by atoms with E-state index >= 15 is 0 Å². The van der Waals surface area contributed by atoms with Crippen LogP contribution in [0.4, 0.5) is 0 Å². The highest BCUT2D eigenvalue weighted by atomic mass is 16.5. The molecule has 4 nitrogen and oxygen atoms in total. The molecule has 2 saturated heterocycles. The van der Waals surface area contributed by atoms with Crippen LogP contribution in [-0.4, -0.2) is 44.1 Å². The number of nitrogens with zero attached hydrogens (tertiary/aromatic N) is 2. The van der Waals surface area contributed by atoms with Crippen molar-refractivity contribution in [2.45, 2.75) is 46.1 Å². The van der Waals surface area contributed by atoms with E-state index in [1.165, 1.54) is 24.0 Å². The van der Waals surface area contributed by atoms with E-state index in [0.29, 0.717) is 11.3 Å². The summed E-state index contributed by atoms with van der Waals surface area (Å²) in [4.78, 5) is 6.91. The summed E-state index contributed by atoms with van der Waals surface area (Å²) in [6.45, 7) is 10.8. The van der Waals surface area contributed by atoms with Crippen molar-refractivity contribution >= 4 is 5.96 Å². The first kappa shape index (κ1) is 18.2. The molecule has 2 aliphatic rings. The van der Waals surface area contributed by atoms with Gasteiger partial charge < -0.3 is 15.0 Å². The number of benzene rings is 1. The lowest BCUT2D eigenvalue weighted by Crippen LogP contribution is -2.44. The van der Waals surface area contributed by atoms with E-state index in [1.54, 1.807) is 0 Å². The van der Waals surface area contributed by atoms with E-state index in [9.17, 15) is 0 Å². The Morgan fingerprint density at radius 1 is 1.32 bits per heavy atom. The van der Waals surface area contributed by atoms with Crippen LogP contribution in [-0.2, 0) is 4.74 Å². The largest absolute Gasteiger partial charge is 0.373 e. The van der Waals surface area contributed by atoms with Crippen molar-refractivity contribution < 1.29 is 4.74 Å². The lowest BCUT2D eigenvalue weighted by molar-refractivity contribution is -0.0266. The number of ether oxygens (including phenoxy) is 1. The van der Waals surface area contributed by atoms with Gasteiger partial charge in [-0.25, -0.2) is 0 Å². The molecular formula is C21H33N3O. The summed E-state index contributed by atoms with van der Waals surface area (Å²) in [6.07, 6.45) is 3.76. The normalized spacial score (nSPS) is 26.7. The molecular weight excluding hydrogens is 310 g/mol. The number of rotatable bonds is 3. The van der Waals surface area contributed by atoms with Gasteiger partial charge in [-0.3, -0.25) is 4.99 Å². The van der Waals surface area contributed by atoms with E-state index in [2.05, 4.69) is 60.2 Å². The van der Waals surface area contributed by atoms with Gasteiger partial charge in [-0.1, -0.05) is 43.7 Å². The first-order chi connectivity index (χ1) is 12.0. The van der Waals surface area contributed by atoms with Gasteiger partial charge in [-0.2, -0.15) is 0 Å². The number of likely N-dealkylation sites (tertiary alicyclic amines) is 1. The van der Waals surface area contributed by atoms with Crippen molar-refractivity contribution in [3.8, 4) is 0 Å². The number of aryl methyl sites for hydroxylation is 1. The van der Waals surface area contributed by atoms with Crippen LogP contribution >= 0.6 is 0 Å². The van der Waals surface area contributed by atoms with Gasteiger partial charge in [0.15, 0.2) is 5.96 Å². The highest BCUT2D eigenvalue weighted by Crippen LogP contribution is 2.33. The Bertz CT molecular complexity index is 594. The zero-order valence-corrected chi connectivity index (χ0v) is 16.2. The van der Waals surface area contributed by atoms with Crippen LogP contribution in [0.2, 0.25) is 0 Å². The molecule has 0 amide bonds. The quantitative estimate of drug-likeness (QED) is 0.670. The van der Waals surface area contributed by atoms with Crippen LogP contribution in [0.25, 0.3) is 0 Å². The number of nitrogens with one attached hydrogen (secondary N) is 1. The van der Waals surface area contributed by atoms with Gasteiger partial charge >= 0.3 is 0 Å². The molecule has 0 aromatic heterocycles. The second kappa shape index (κ2) is 7.77. The Balaban J connectivity index is 1.62. The minimum Gasteiger partial charge on any atom is -0.373 e. The summed E-state index contributed by atoms with van der Waals surface area (Å²) in [6, 6.07) is 8.80. The predicted octanol–water partition coefficient (Wildman–Crippen LogP) is 3.77. The Hall–Kier alpha value is -1.55. The predicted molar refractivity (Wildman–Crippen MR) is 104 cm³/mol. The molecule has 0 bridgehead atoms. The molecule has 2 atom stereocenters. The average molecular weight is 344 g/mol. The third-order valence-electron chi connectivity index (χ3n) is 5.56. The lowest BCUT2D eigenvalue weighted by atomic mass is 9.89. The minimum atomic E-state index is 0.190. The first-order valence-electron chi connectivity index (χ1n) is 9.62. The fourth-order valence-corrected chi connectivity index (χ4v) is 4.02. The minimum absolute atomic E-state index is 0.190. The average Bonchev–Trinajstić information content (AvgIpc) is 2.96. The van der Waals surface area contributed by atoms with Crippen molar-refractivity contribution in [3.63, 3.8) is 0 Å². The summed E-state index contributed by atoms with van der Waals surface area (Å²) < 4.78 is 6.15. The smallest absolute Gasteiger partial charge is 0.193 e. The van der Waals surface area contributed by atoms with E-state index in [-0.39, 0.29) is 6.10 Å². The number of hydrogen-bond acceptors (Lipinski definition) is 2. The number of guanidine groups is 1. The topological polar surface area (TPSA) is 36.9 Å². The Labute approximate surface area is 152 Å². The molecule has 1 aromatic rings. The molecule has 3 rings (SSSR count). The van der Waals surface area contributed by atoms with Gasteiger partial charge in [0.05, 0.1) is 6.10 Å². The van der Waals surface area contributed by atoms with Gasteiger partial charge in [0.1, 0.15) is 0 Å². The van der Waals surface area contributed by atoms with Crippen molar-refractivity contribution in [2.75, 3.05) is 33.3 Å². The monoisotopic (exact) mass is 343 g/mol. The number of aliphatic imine (C=N–C) groups is 1. The van der Waals surface area contributed by atoms with Gasteiger partial charge in [0, 0.05) is 39.2 Å². The van der Waals surface area contributed by atoms with Crippen LogP contribution in [0.1, 0.15) is 50.3 Å². The lowest BCUT2D eigenvalue weighted by Gasteiger charge is -2.33. The van der Waals surface area contributed by atoms with Crippen LogP contribution in [0, 0.1) is 18.3 Å². The molecule has 0 spiro atoms. The summed E-state index contributed by atoms with van der Waals surface area (Å²) in [5.74, 6) is 1.53. The second-order valence-corrected chi connectivity index (χ2v) is 8.37. The van der Waals surface area contributed by atoms with Crippen molar-refractivity contribution in [1.29, 1.82) is 0 Å². The summed E-state index contributed by atoms with van der Waals surface area (Å²) in [5.41, 5.74) is 2.98. The zero-order valence-electron chi connectivity index (χ0n) is 16.2. The molecule has 1 aromatic carbocycles. The van der Waals surface area contributed by atoms with Gasteiger partial charge in [0.2, 0.25) is 0 Å². The van der Waals surface area contributed by atoms with Crippen LogP contribution < -0.4 is 5.32 Å². The maximum Gasteiger partial charge on any atom is 0.193 e. The van der Waals surface area contributed by atoms with E-state index in [4.69, 9.17) is 4.74 Å². The molecule has 2 heterocycles. The maximum atomic E-state index is 6.15. The summed E-state index contributed by atoms with van der Waals surface area (Å²) in [5, 5.41) is 3.63. The fraction of sp³-hybridized carbons (Fsp3) is 0.667. The molecule has 2 fully saturated rings. The molecule has 0 saturated carbocycles. The van der Waals surface area contributed by atoms with Crippen molar-refractivity contribution in [3.05, 3.63) is 35.4 Å². The highest BCUT2D eigenvalue weighted by molar-refractivity contribution is 5.80. The molecule has 2 aliphatic heterocycles. The third kappa shape index (κ3) is 4.55. The Morgan fingerprint density at radius 2 is 2.08 bits per heavy atom. The Kier molecular flexibility index (Phi) is 5.67. The standard InChI is InChI=1S/C21H33N3O/c1-16-7-9-17(10-8-16)19-18(6-5-13-25-19)14-23-20(22-4)24-12-11-21(2,3)15-24/h7-10,18-19H,5-6,11-15H2,1-4H3,(H,22,23). The summed E-state index contributed by atoms with van der Waals surface area (Å²) in [7, 11) is 1.89. The third-order valence-corrected chi connectivity index (χ3v) is 5.56. The maximum absolute atomic E-state index is 6.15. The zero-order chi connectivity index (χ0) is 17.9. The molecule has 2 unspecified atom stereocenters.